The summed E-state index contributed by atoms with van der Waals surface area (Å²) in [6, 6.07) is 7.46. The third-order valence-electron chi connectivity index (χ3n) is 7.10. The maximum Gasteiger partial charge on any atom is 0.335 e. The van der Waals surface area contributed by atoms with Gasteiger partial charge in [0.15, 0.2) is 0 Å². The first kappa shape index (κ1) is 37.3. The average molecular weight is 639 g/mol. The number of carbonyl (C=O) groups is 2. The fourth-order valence-corrected chi connectivity index (χ4v) is 4.82. The Hall–Kier alpha value is -4.84. The molecule has 1 heterocycles. The maximum atomic E-state index is 13.6. The van der Waals surface area contributed by atoms with E-state index in [2.05, 4.69) is 5.32 Å². The van der Waals surface area contributed by atoms with E-state index >= 15 is 0 Å². The number of phenols is 2. The summed E-state index contributed by atoms with van der Waals surface area (Å²) in [5.41, 5.74) is 0.219. The van der Waals surface area contributed by atoms with Crippen molar-refractivity contribution in [3.05, 3.63) is 80.5 Å². The maximum absolute atomic E-state index is 13.6. The molecule has 0 radical (unpaired) electrons. The predicted molar refractivity (Wildman–Crippen MR) is 180 cm³/mol. The highest BCUT2D eigenvalue weighted by Gasteiger charge is 2.26. The Bertz CT molecular complexity index is 1680. The van der Waals surface area contributed by atoms with Crippen molar-refractivity contribution in [1.29, 1.82) is 0 Å². The van der Waals surface area contributed by atoms with E-state index in [1.807, 2.05) is 46.7 Å². The number of aliphatic carboxylic acids is 1. The van der Waals surface area contributed by atoms with Crippen molar-refractivity contribution >= 4 is 28.5 Å². The van der Waals surface area contributed by atoms with Crippen LogP contribution in [0.15, 0.2) is 63.7 Å². The van der Waals surface area contributed by atoms with Gasteiger partial charge in [0.05, 0.1) is 10.9 Å². The van der Waals surface area contributed by atoms with Gasteiger partial charge in [-0.2, -0.15) is 0 Å². The Morgan fingerprint density at radius 2 is 1.65 bits per heavy atom. The number of allylic oxidation sites excluding steroid dienone is 3. The summed E-state index contributed by atoms with van der Waals surface area (Å²) in [5.74, 6) is -2.67. The van der Waals surface area contributed by atoms with Crippen LogP contribution in [-0.2, 0) is 11.8 Å². The van der Waals surface area contributed by atoms with Gasteiger partial charge in [-0.05, 0) is 76.2 Å². The van der Waals surface area contributed by atoms with E-state index in [4.69, 9.17) is 4.74 Å². The monoisotopic (exact) mass is 638 g/mol. The number of nitrogens with zero attached hydrogens (tertiary/aromatic N) is 3. The fourth-order valence-electron chi connectivity index (χ4n) is 4.82. The Kier molecular flexibility index (Phi) is 14.3. The second kappa shape index (κ2) is 17.6. The van der Waals surface area contributed by atoms with E-state index in [1.165, 1.54) is 22.8 Å². The van der Waals surface area contributed by atoms with Crippen molar-refractivity contribution in [3.8, 4) is 17.2 Å². The quantitative estimate of drug-likeness (QED) is 0.253. The lowest BCUT2D eigenvalue weighted by Gasteiger charge is -2.17. The van der Waals surface area contributed by atoms with Crippen LogP contribution in [-0.4, -0.2) is 74.5 Å². The molecule has 12 heteroatoms. The lowest BCUT2D eigenvalue weighted by molar-refractivity contribution is -0.139. The molecular formula is C34H46N4O8. The number of aromatic hydroxyl groups is 2. The highest BCUT2D eigenvalue weighted by atomic mass is 16.5. The van der Waals surface area contributed by atoms with Gasteiger partial charge in [0.2, 0.25) is 0 Å². The molecule has 0 aliphatic heterocycles. The summed E-state index contributed by atoms with van der Waals surface area (Å²) < 4.78 is 8.32. The van der Waals surface area contributed by atoms with Gasteiger partial charge >= 0.3 is 11.7 Å². The molecule has 4 rings (SSSR count). The molecule has 1 atom stereocenters. The summed E-state index contributed by atoms with van der Waals surface area (Å²) in [5, 5.41) is 32.4. The Balaban J connectivity index is 0.00000177. The van der Waals surface area contributed by atoms with Crippen molar-refractivity contribution in [1.82, 2.24) is 19.4 Å². The van der Waals surface area contributed by atoms with Gasteiger partial charge in [-0.25, -0.2) is 14.2 Å². The summed E-state index contributed by atoms with van der Waals surface area (Å²) in [7, 11) is 5.45. The number of rotatable bonds is 10. The molecule has 46 heavy (non-hydrogen) atoms. The molecule has 4 N–H and O–H groups in total. The number of hydrogen-bond acceptors (Lipinski definition) is 8. The van der Waals surface area contributed by atoms with Crippen LogP contribution >= 0.6 is 0 Å². The molecule has 0 saturated heterocycles. The molecule has 250 valence electrons. The second-order valence-electron chi connectivity index (χ2n) is 10.4. The number of carboxylic acids is 1. The zero-order valence-electron chi connectivity index (χ0n) is 27.7. The summed E-state index contributed by atoms with van der Waals surface area (Å²) in [4.78, 5) is 53.4. The first-order valence-electron chi connectivity index (χ1n) is 15.4. The van der Waals surface area contributed by atoms with Gasteiger partial charge < -0.3 is 30.3 Å². The van der Waals surface area contributed by atoms with Crippen molar-refractivity contribution in [3.63, 3.8) is 0 Å². The van der Waals surface area contributed by atoms with Crippen LogP contribution in [0.5, 0.6) is 17.2 Å². The number of aromatic nitrogens is 2. The molecule has 12 nitrogen and oxygen atoms in total. The van der Waals surface area contributed by atoms with Crippen molar-refractivity contribution in [2.45, 2.75) is 59.4 Å². The summed E-state index contributed by atoms with van der Waals surface area (Å²) >= 11 is 0. The van der Waals surface area contributed by atoms with Crippen LogP contribution in [0.25, 0.3) is 16.6 Å². The molecule has 1 unspecified atom stereocenters. The number of likely N-dealkylation sites (N-methyl/N-ethyl adjacent to an activating group) is 1. The lowest BCUT2D eigenvalue weighted by atomic mass is 10.0. The molecule has 3 aromatic rings. The van der Waals surface area contributed by atoms with Crippen LogP contribution < -0.4 is 21.3 Å². The minimum absolute atomic E-state index is 0.0580. The number of aryl methyl sites for hydroxylation is 1. The number of phenolic OH excluding ortho intramolecular Hbond substituents is 2. The first-order valence-corrected chi connectivity index (χ1v) is 15.4. The molecule has 0 saturated carbocycles. The molecule has 1 aromatic heterocycles. The number of fused-ring (bicyclic) bond motifs is 1. The van der Waals surface area contributed by atoms with E-state index in [1.54, 1.807) is 37.4 Å². The first-order chi connectivity index (χ1) is 22.0. The number of amides is 1. The highest BCUT2D eigenvalue weighted by Crippen LogP contribution is 2.27. The molecule has 0 spiro atoms. The van der Waals surface area contributed by atoms with Crippen molar-refractivity contribution in [2.75, 3.05) is 27.2 Å². The fraction of sp³-hybridized carbons (Fsp3) is 0.412. The number of carboxylic acid groups (broad SMARTS) is 1. The molecule has 1 aliphatic carbocycles. The van der Waals surface area contributed by atoms with Gasteiger partial charge in [-0.3, -0.25) is 14.2 Å². The van der Waals surface area contributed by atoms with Gasteiger partial charge in [0.1, 0.15) is 35.5 Å². The van der Waals surface area contributed by atoms with Gasteiger partial charge in [0, 0.05) is 19.3 Å². The van der Waals surface area contributed by atoms with Crippen LogP contribution in [0.1, 0.15) is 63.7 Å². The van der Waals surface area contributed by atoms with Crippen LogP contribution in [0.2, 0.25) is 0 Å². The molecule has 1 amide bonds. The molecule has 2 aromatic carbocycles. The van der Waals surface area contributed by atoms with Crippen LogP contribution in [0, 0.1) is 0 Å². The van der Waals surface area contributed by atoms with Crippen LogP contribution in [0.4, 0.5) is 0 Å². The van der Waals surface area contributed by atoms with E-state index < -0.39 is 46.2 Å². The zero-order chi connectivity index (χ0) is 34.6. The van der Waals surface area contributed by atoms with Gasteiger partial charge in [0.25, 0.3) is 11.5 Å². The minimum Gasteiger partial charge on any atom is -0.507 e. The smallest absolute Gasteiger partial charge is 0.335 e. The molecular weight excluding hydrogens is 592 g/mol. The van der Waals surface area contributed by atoms with Crippen molar-refractivity contribution < 1.29 is 29.6 Å². The topological polar surface area (TPSA) is 163 Å². The van der Waals surface area contributed by atoms with Gasteiger partial charge in [-0.15, -0.1) is 0 Å². The van der Waals surface area contributed by atoms with Crippen LogP contribution in [0.3, 0.4) is 0 Å². The summed E-state index contributed by atoms with van der Waals surface area (Å²) in [6.07, 6.45) is 4.61. The number of hydrogen-bond donors (Lipinski definition) is 4. The van der Waals surface area contributed by atoms with E-state index in [0.29, 0.717) is 60.3 Å². The summed E-state index contributed by atoms with van der Waals surface area (Å²) in [6.45, 7) is 9.13. The Morgan fingerprint density at radius 3 is 2.26 bits per heavy atom. The van der Waals surface area contributed by atoms with E-state index in [-0.39, 0.29) is 6.42 Å². The third-order valence-corrected chi connectivity index (χ3v) is 7.10. The Labute approximate surface area is 268 Å². The normalized spacial score (nSPS) is 13.2. The highest BCUT2D eigenvalue weighted by molar-refractivity contribution is 6.01. The largest absolute Gasteiger partial charge is 0.507 e. The Morgan fingerprint density at radius 1 is 1.00 bits per heavy atom. The number of carbonyl (C=O) groups excluding carboxylic acids is 1. The SMILES string of the molecule is CC.CC.CN(C)CCOc1ccc2c(c1)c(=O)n(C1=CC=C(CC(NC(=O)c3c(O)cccc3O)C(=O)O)CCC1)c(=O)n2C. The lowest BCUT2D eigenvalue weighted by Crippen LogP contribution is -2.41. The van der Waals surface area contributed by atoms with Crippen molar-refractivity contribution in [2.24, 2.45) is 7.05 Å². The number of benzene rings is 2. The van der Waals surface area contributed by atoms with Gasteiger partial charge in [-0.1, -0.05) is 45.4 Å². The second-order valence-corrected chi connectivity index (χ2v) is 10.4. The van der Waals surface area contributed by atoms with E-state index in [0.717, 1.165) is 4.57 Å². The standard InChI is InChI=1S/C30H34N4O8.2C2H6/c1-32(2)14-15-42-20-12-13-23-21(17-20)28(38)34(30(41)33(23)3)19-7-4-6-18(10-11-19)16-22(29(39)40)31-27(37)26-24(35)8-5-9-25(26)36;2*1-2/h5,8-13,17,22,35-36H,4,6-7,14-16H2,1-3H3,(H,31,37)(H,39,40);2*1-2H3. The molecule has 0 fully saturated rings. The average Bonchev–Trinajstić information content (AvgIpc) is 3.26. The van der Waals surface area contributed by atoms with E-state index in [9.17, 15) is 34.5 Å². The number of ether oxygens (including phenoxy) is 1. The molecule has 1 aliphatic rings. The minimum atomic E-state index is -1.35. The molecule has 0 bridgehead atoms. The third kappa shape index (κ3) is 9.10. The predicted octanol–water partition coefficient (Wildman–Crippen LogP) is 4.33. The zero-order valence-corrected chi connectivity index (χ0v) is 27.7. The number of nitrogens with one attached hydrogen (secondary N) is 1.